The zero-order valence-corrected chi connectivity index (χ0v) is 11.0. The van der Waals surface area contributed by atoms with Gasteiger partial charge in [-0.1, -0.05) is 24.9 Å². The van der Waals surface area contributed by atoms with Gasteiger partial charge in [-0.3, -0.25) is 4.79 Å². The van der Waals surface area contributed by atoms with E-state index in [4.69, 9.17) is 11.6 Å². The fourth-order valence-corrected chi connectivity index (χ4v) is 2.01. The van der Waals surface area contributed by atoms with Crippen molar-refractivity contribution in [3.05, 3.63) is 45.0 Å². The number of H-pyrrole nitrogens is 1. The molecule has 0 amide bonds. The normalized spacial score (nSPS) is 10.7. The average molecular weight is 283 g/mol. The fraction of sp³-hybridized carbons (Fsp3) is 0.231. The summed E-state index contributed by atoms with van der Waals surface area (Å²) in [6.45, 7) is 1.89. The molecular weight excluding hydrogens is 271 g/mol. The molecule has 19 heavy (non-hydrogen) atoms. The molecule has 0 aliphatic rings. The Morgan fingerprint density at radius 3 is 2.74 bits per heavy atom. The Morgan fingerprint density at radius 2 is 2.16 bits per heavy atom. The van der Waals surface area contributed by atoms with Gasteiger partial charge in [0.25, 0.3) is 5.56 Å². The van der Waals surface area contributed by atoms with E-state index in [1.165, 1.54) is 12.1 Å². The van der Waals surface area contributed by atoms with Crippen molar-refractivity contribution in [3.63, 3.8) is 0 Å². The number of aromatic hydroxyl groups is 1. The Morgan fingerprint density at radius 1 is 1.42 bits per heavy atom. The lowest BCUT2D eigenvalue weighted by Crippen LogP contribution is -2.15. The molecule has 2 rings (SSSR count). The maximum atomic E-state index is 13.2. The molecule has 0 bridgehead atoms. The molecule has 6 heteroatoms. The summed E-state index contributed by atoms with van der Waals surface area (Å²) in [5, 5.41) is 9.93. The van der Waals surface area contributed by atoms with Crippen molar-refractivity contribution in [2.75, 3.05) is 0 Å². The van der Waals surface area contributed by atoms with Crippen molar-refractivity contribution in [1.82, 2.24) is 9.97 Å². The molecule has 100 valence electrons. The standard InChI is InChI=1S/C13H12ClFN2O2/c1-2-3-10-12(18)16-11(17-13(10)19)7-4-8(14)6-9(15)5-7/h4-6H,2-3H2,1H3,(H2,16,17,18,19). The smallest absolute Gasteiger partial charge is 0.258 e. The second-order valence-electron chi connectivity index (χ2n) is 4.12. The third kappa shape index (κ3) is 2.93. The first-order valence-corrected chi connectivity index (χ1v) is 6.17. The van der Waals surface area contributed by atoms with Gasteiger partial charge in [0.2, 0.25) is 5.88 Å². The maximum Gasteiger partial charge on any atom is 0.258 e. The first-order chi connectivity index (χ1) is 9.01. The summed E-state index contributed by atoms with van der Waals surface area (Å²) < 4.78 is 13.2. The van der Waals surface area contributed by atoms with E-state index in [1.807, 2.05) is 6.92 Å². The lowest BCUT2D eigenvalue weighted by molar-refractivity contribution is 0.443. The zero-order valence-electron chi connectivity index (χ0n) is 10.2. The fourth-order valence-electron chi connectivity index (χ4n) is 1.79. The summed E-state index contributed by atoms with van der Waals surface area (Å²) in [6, 6.07) is 3.79. The number of aromatic amines is 1. The molecule has 0 fully saturated rings. The van der Waals surface area contributed by atoms with E-state index in [0.717, 1.165) is 6.07 Å². The Kier molecular flexibility index (Phi) is 3.85. The number of hydrogen-bond acceptors (Lipinski definition) is 3. The molecule has 0 atom stereocenters. The van der Waals surface area contributed by atoms with Crippen LogP contribution in [0.1, 0.15) is 18.9 Å². The van der Waals surface area contributed by atoms with Gasteiger partial charge in [-0.15, -0.1) is 0 Å². The van der Waals surface area contributed by atoms with Gasteiger partial charge in [-0.2, -0.15) is 4.98 Å². The van der Waals surface area contributed by atoms with Gasteiger partial charge >= 0.3 is 0 Å². The van der Waals surface area contributed by atoms with Crippen LogP contribution in [0.3, 0.4) is 0 Å². The van der Waals surface area contributed by atoms with Gasteiger partial charge in [-0.05, 0) is 24.6 Å². The number of nitrogens with zero attached hydrogens (tertiary/aromatic N) is 1. The predicted molar refractivity (Wildman–Crippen MR) is 70.9 cm³/mol. The van der Waals surface area contributed by atoms with E-state index < -0.39 is 11.4 Å². The van der Waals surface area contributed by atoms with E-state index in [2.05, 4.69) is 9.97 Å². The number of hydrogen-bond donors (Lipinski definition) is 2. The SMILES string of the molecule is CCCc1c(O)nc(-c2cc(F)cc(Cl)c2)[nH]c1=O. The Hall–Kier alpha value is -1.88. The lowest BCUT2D eigenvalue weighted by atomic mass is 10.1. The zero-order chi connectivity index (χ0) is 14.0. The van der Waals surface area contributed by atoms with Gasteiger partial charge < -0.3 is 10.1 Å². The van der Waals surface area contributed by atoms with E-state index >= 15 is 0 Å². The highest BCUT2D eigenvalue weighted by Crippen LogP contribution is 2.23. The molecule has 2 aromatic rings. The molecule has 1 aromatic heterocycles. The van der Waals surface area contributed by atoms with Crippen molar-refractivity contribution < 1.29 is 9.50 Å². The van der Waals surface area contributed by atoms with Gasteiger partial charge in [0, 0.05) is 10.6 Å². The van der Waals surface area contributed by atoms with Gasteiger partial charge in [0.15, 0.2) is 0 Å². The molecule has 0 aliphatic heterocycles. The Balaban J connectivity index is 2.55. The molecule has 1 aromatic carbocycles. The first kappa shape index (κ1) is 13.5. The van der Waals surface area contributed by atoms with E-state index in [9.17, 15) is 14.3 Å². The second kappa shape index (κ2) is 5.40. The van der Waals surface area contributed by atoms with Crippen LogP contribution < -0.4 is 5.56 Å². The van der Waals surface area contributed by atoms with E-state index in [-0.39, 0.29) is 22.3 Å². The number of benzene rings is 1. The largest absolute Gasteiger partial charge is 0.493 e. The van der Waals surface area contributed by atoms with Crippen LogP contribution in [-0.2, 0) is 6.42 Å². The third-order valence-electron chi connectivity index (χ3n) is 2.63. The molecule has 1 heterocycles. The van der Waals surface area contributed by atoms with Crippen molar-refractivity contribution in [2.24, 2.45) is 0 Å². The van der Waals surface area contributed by atoms with Crippen molar-refractivity contribution >= 4 is 11.6 Å². The van der Waals surface area contributed by atoms with Crippen molar-refractivity contribution in [3.8, 4) is 17.3 Å². The quantitative estimate of drug-likeness (QED) is 0.910. The average Bonchev–Trinajstić information content (AvgIpc) is 2.32. The minimum atomic E-state index is -0.540. The van der Waals surface area contributed by atoms with Crippen molar-refractivity contribution in [2.45, 2.75) is 19.8 Å². The summed E-state index contributed by atoms with van der Waals surface area (Å²) in [7, 11) is 0. The first-order valence-electron chi connectivity index (χ1n) is 5.80. The molecule has 2 N–H and O–H groups in total. The van der Waals surface area contributed by atoms with Crippen LogP contribution in [0.5, 0.6) is 5.88 Å². The van der Waals surface area contributed by atoms with E-state index in [0.29, 0.717) is 18.4 Å². The topological polar surface area (TPSA) is 66.0 Å². The third-order valence-corrected chi connectivity index (χ3v) is 2.85. The Bertz CT molecular complexity index is 650. The number of nitrogens with one attached hydrogen (secondary N) is 1. The van der Waals surface area contributed by atoms with Crippen LogP contribution >= 0.6 is 11.6 Å². The van der Waals surface area contributed by atoms with Gasteiger partial charge in [0.1, 0.15) is 11.6 Å². The molecule has 0 aliphatic carbocycles. The van der Waals surface area contributed by atoms with Crippen LogP contribution in [-0.4, -0.2) is 15.1 Å². The van der Waals surface area contributed by atoms with E-state index in [1.54, 1.807) is 0 Å². The van der Waals surface area contributed by atoms with Crippen LogP contribution in [0.4, 0.5) is 4.39 Å². The molecule has 0 saturated heterocycles. The summed E-state index contributed by atoms with van der Waals surface area (Å²) in [6.07, 6.45) is 1.14. The number of rotatable bonds is 3. The predicted octanol–water partition coefficient (Wildman–Crippen LogP) is 2.89. The van der Waals surface area contributed by atoms with Gasteiger partial charge in [-0.25, -0.2) is 4.39 Å². The number of halogens is 2. The van der Waals surface area contributed by atoms with Crippen LogP contribution in [0.15, 0.2) is 23.0 Å². The van der Waals surface area contributed by atoms with Crippen molar-refractivity contribution in [1.29, 1.82) is 0 Å². The highest BCUT2D eigenvalue weighted by molar-refractivity contribution is 6.30. The molecule has 4 nitrogen and oxygen atoms in total. The molecule has 0 spiro atoms. The minimum absolute atomic E-state index is 0.0868. The Labute approximate surface area is 113 Å². The molecule has 0 saturated carbocycles. The minimum Gasteiger partial charge on any atom is -0.493 e. The summed E-state index contributed by atoms with van der Waals surface area (Å²) >= 11 is 5.74. The van der Waals surface area contributed by atoms with Crippen LogP contribution in [0.25, 0.3) is 11.4 Å². The highest BCUT2D eigenvalue weighted by Gasteiger charge is 2.12. The highest BCUT2D eigenvalue weighted by atomic mass is 35.5. The second-order valence-corrected chi connectivity index (χ2v) is 4.56. The molecule has 0 radical (unpaired) electrons. The molecular formula is C13H12ClFN2O2. The summed E-state index contributed by atoms with van der Waals surface area (Å²) in [4.78, 5) is 18.2. The number of aromatic nitrogens is 2. The van der Waals surface area contributed by atoms with Crippen LogP contribution in [0.2, 0.25) is 5.02 Å². The summed E-state index contributed by atoms with van der Waals surface area (Å²) in [5.74, 6) is -0.785. The van der Waals surface area contributed by atoms with Crippen LogP contribution in [0, 0.1) is 5.82 Å². The maximum absolute atomic E-state index is 13.2. The molecule has 0 unspecified atom stereocenters. The monoisotopic (exact) mass is 282 g/mol. The summed E-state index contributed by atoms with van der Waals surface area (Å²) in [5.41, 5.74) is 0.110. The lowest BCUT2D eigenvalue weighted by Gasteiger charge is -2.06. The van der Waals surface area contributed by atoms with Gasteiger partial charge in [0.05, 0.1) is 5.56 Å².